The Hall–Kier alpha value is -2.08. The Kier molecular flexibility index (Phi) is 9.00. The van der Waals surface area contributed by atoms with Crippen molar-refractivity contribution < 1.29 is 14.6 Å². The molecule has 3 N–H and O–H groups in total. The number of rotatable bonds is 14. The molecule has 1 aliphatic rings. The second-order valence-electron chi connectivity index (χ2n) is 7.80. The number of fused-ring (bicyclic) bond motifs is 3. The average Bonchev–Trinajstić information content (AvgIpc) is 3.04. The van der Waals surface area contributed by atoms with Crippen LogP contribution in [-0.2, 0) is 0 Å². The van der Waals surface area contributed by atoms with Crippen molar-refractivity contribution in [1.82, 2.24) is 10.6 Å². The maximum absolute atomic E-state index is 10.7. The molecule has 0 unspecified atom stereocenters. The molecule has 3 rings (SSSR count). The summed E-state index contributed by atoms with van der Waals surface area (Å²) in [7, 11) is 0. The fourth-order valence-electron chi connectivity index (χ4n) is 3.74. The number of hydrogen-bond donors (Lipinski definition) is 3. The van der Waals surface area contributed by atoms with Crippen molar-refractivity contribution in [2.45, 2.75) is 45.6 Å². The molecular formula is C25H36N2O3. The predicted molar refractivity (Wildman–Crippen MR) is 122 cm³/mol. The topological polar surface area (TPSA) is 62.8 Å². The number of aliphatic hydroxyl groups excluding tert-OH is 1. The Morgan fingerprint density at radius 3 is 1.63 bits per heavy atom. The Bertz CT molecular complexity index is 728. The van der Waals surface area contributed by atoms with Crippen molar-refractivity contribution in [3.63, 3.8) is 0 Å². The highest BCUT2D eigenvalue weighted by molar-refractivity contribution is 5.80. The smallest absolute Gasteiger partial charge is 0.119 e. The van der Waals surface area contributed by atoms with Crippen molar-refractivity contribution in [3.8, 4) is 22.6 Å². The summed E-state index contributed by atoms with van der Waals surface area (Å²) in [6.07, 6.45) is 3.65. The minimum absolute atomic E-state index is 0.588. The van der Waals surface area contributed by atoms with Crippen LogP contribution >= 0.6 is 0 Å². The van der Waals surface area contributed by atoms with Crippen molar-refractivity contribution >= 4 is 0 Å². The maximum atomic E-state index is 10.7. The van der Waals surface area contributed by atoms with Crippen LogP contribution in [0, 0.1) is 0 Å². The molecule has 0 saturated heterocycles. The normalized spacial score (nSPS) is 12.6. The molecule has 164 valence electrons. The van der Waals surface area contributed by atoms with Crippen LogP contribution in [0.2, 0.25) is 0 Å². The quantitative estimate of drug-likeness (QED) is 0.404. The van der Waals surface area contributed by atoms with Crippen LogP contribution in [0.25, 0.3) is 11.1 Å². The minimum Gasteiger partial charge on any atom is -0.494 e. The van der Waals surface area contributed by atoms with Gasteiger partial charge < -0.3 is 25.2 Å². The van der Waals surface area contributed by atoms with Crippen molar-refractivity contribution in [1.29, 1.82) is 0 Å². The summed E-state index contributed by atoms with van der Waals surface area (Å²) in [4.78, 5) is 0. The van der Waals surface area contributed by atoms with Gasteiger partial charge >= 0.3 is 0 Å². The number of benzene rings is 2. The van der Waals surface area contributed by atoms with Gasteiger partial charge in [-0.3, -0.25) is 0 Å². The predicted octanol–water partition coefficient (Wildman–Crippen LogP) is 4.29. The SMILES string of the molecule is CCCNCCCOc1ccc2c(c1)-c1cc(OCCCNCCC)ccc1C2O. The van der Waals surface area contributed by atoms with Gasteiger partial charge in [0, 0.05) is 0 Å². The number of ether oxygens (including phenoxy) is 2. The number of hydrogen-bond acceptors (Lipinski definition) is 5. The molecule has 0 heterocycles. The van der Waals surface area contributed by atoms with Crippen molar-refractivity contribution in [2.24, 2.45) is 0 Å². The average molecular weight is 413 g/mol. The van der Waals surface area contributed by atoms with E-state index in [9.17, 15) is 5.11 Å². The van der Waals surface area contributed by atoms with E-state index in [0.717, 1.165) is 85.6 Å². The first-order chi connectivity index (χ1) is 14.7. The lowest BCUT2D eigenvalue weighted by atomic mass is 10.1. The van der Waals surface area contributed by atoms with Crippen LogP contribution in [0.3, 0.4) is 0 Å². The summed E-state index contributed by atoms with van der Waals surface area (Å²) in [6.45, 7) is 9.73. The summed E-state index contributed by atoms with van der Waals surface area (Å²) in [5.41, 5.74) is 3.94. The molecule has 30 heavy (non-hydrogen) atoms. The van der Waals surface area contributed by atoms with Gasteiger partial charge in [-0.1, -0.05) is 26.0 Å². The lowest BCUT2D eigenvalue weighted by Gasteiger charge is -2.10. The summed E-state index contributed by atoms with van der Waals surface area (Å²) >= 11 is 0. The van der Waals surface area contributed by atoms with E-state index in [-0.39, 0.29) is 0 Å². The van der Waals surface area contributed by atoms with E-state index in [1.807, 2.05) is 36.4 Å². The molecule has 5 heteroatoms. The first-order valence-electron chi connectivity index (χ1n) is 11.4. The highest BCUT2D eigenvalue weighted by atomic mass is 16.5. The molecule has 0 amide bonds. The molecule has 2 aromatic carbocycles. The molecule has 0 radical (unpaired) electrons. The zero-order valence-corrected chi connectivity index (χ0v) is 18.4. The zero-order valence-electron chi connectivity index (χ0n) is 18.4. The number of nitrogens with one attached hydrogen (secondary N) is 2. The van der Waals surface area contributed by atoms with Crippen LogP contribution in [-0.4, -0.2) is 44.5 Å². The van der Waals surface area contributed by atoms with Gasteiger partial charge in [-0.2, -0.15) is 0 Å². The van der Waals surface area contributed by atoms with Crippen LogP contribution in [0.4, 0.5) is 0 Å². The van der Waals surface area contributed by atoms with Gasteiger partial charge in [-0.25, -0.2) is 0 Å². The lowest BCUT2D eigenvalue weighted by Crippen LogP contribution is -2.18. The summed E-state index contributed by atoms with van der Waals surface area (Å²) in [6, 6.07) is 11.9. The summed E-state index contributed by atoms with van der Waals surface area (Å²) in [5.74, 6) is 1.69. The van der Waals surface area contributed by atoms with Crippen LogP contribution < -0.4 is 20.1 Å². The highest BCUT2D eigenvalue weighted by Gasteiger charge is 2.27. The van der Waals surface area contributed by atoms with Gasteiger partial charge in [0.15, 0.2) is 0 Å². The summed E-state index contributed by atoms with van der Waals surface area (Å²) in [5, 5.41) is 17.5. The van der Waals surface area contributed by atoms with Crippen LogP contribution in [0.1, 0.15) is 56.8 Å². The molecule has 0 fully saturated rings. The van der Waals surface area contributed by atoms with Gasteiger partial charge in [0.25, 0.3) is 0 Å². The molecule has 0 aromatic heterocycles. The maximum Gasteiger partial charge on any atom is 0.119 e. The fraction of sp³-hybridized carbons (Fsp3) is 0.520. The van der Waals surface area contributed by atoms with E-state index in [1.165, 1.54) is 0 Å². The third kappa shape index (κ3) is 5.97. The minimum atomic E-state index is -0.588. The first-order valence-corrected chi connectivity index (χ1v) is 11.4. The van der Waals surface area contributed by atoms with Crippen LogP contribution in [0.5, 0.6) is 11.5 Å². The summed E-state index contributed by atoms with van der Waals surface area (Å²) < 4.78 is 11.9. The Morgan fingerprint density at radius 1 is 0.733 bits per heavy atom. The molecule has 0 atom stereocenters. The number of aliphatic hydroxyl groups is 1. The van der Waals surface area contributed by atoms with Gasteiger partial charge in [0.2, 0.25) is 0 Å². The second-order valence-corrected chi connectivity index (χ2v) is 7.80. The highest BCUT2D eigenvalue weighted by Crippen LogP contribution is 2.46. The van der Waals surface area contributed by atoms with E-state index in [0.29, 0.717) is 13.2 Å². The monoisotopic (exact) mass is 412 g/mol. The van der Waals surface area contributed by atoms with E-state index >= 15 is 0 Å². The first kappa shape index (κ1) is 22.6. The Balaban J connectivity index is 1.59. The Labute approximate surface area is 180 Å². The lowest BCUT2D eigenvalue weighted by molar-refractivity contribution is 0.225. The zero-order chi connectivity index (χ0) is 21.2. The van der Waals surface area contributed by atoms with E-state index in [2.05, 4.69) is 24.5 Å². The van der Waals surface area contributed by atoms with Crippen molar-refractivity contribution in [2.75, 3.05) is 39.4 Å². The van der Waals surface area contributed by atoms with Crippen LogP contribution in [0.15, 0.2) is 36.4 Å². The molecular weight excluding hydrogens is 376 g/mol. The van der Waals surface area contributed by atoms with Gasteiger partial charge in [-0.05, 0) is 98.4 Å². The molecule has 5 nitrogen and oxygen atoms in total. The molecule has 0 saturated carbocycles. The molecule has 0 bridgehead atoms. The van der Waals surface area contributed by atoms with E-state index in [4.69, 9.17) is 9.47 Å². The standard InChI is InChI=1S/C25H36N2O3/c1-3-11-26-13-5-15-29-19-7-9-21-23(17-19)24-18-20(8-10-22(24)25(21)28)30-16-6-14-27-12-4-2/h7-10,17-18,25-28H,3-6,11-16H2,1-2H3. The third-order valence-corrected chi connectivity index (χ3v) is 5.32. The third-order valence-electron chi connectivity index (χ3n) is 5.32. The van der Waals surface area contributed by atoms with Gasteiger partial charge in [0.05, 0.1) is 13.2 Å². The molecule has 2 aromatic rings. The second kappa shape index (κ2) is 11.9. The molecule has 0 aliphatic heterocycles. The van der Waals surface area contributed by atoms with E-state index in [1.54, 1.807) is 0 Å². The van der Waals surface area contributed by atoms with E-state index < -0.39 is 6.10 Å². The molecule has 0 spiro atoms. The Morgan fingerprint density at radius 2 is 1.20 bits per heavy atom. The largest absolute Gasteiger partial charge is 0.494 e. The molecule has 1 aliphatic carbocycles. The fourth-order valence-corrected chi connectivity index (χ4v) is 3.74. The van der Waals surface area contributed by atoms with Gasteiger partial charge in [0.1, 0.15) is 17.6 Å². The van der Waals surface area contributed by atoms with Gasteiger partial charge in [-0.15, -0.1) is 0 Å². The van der Waals surface area contributed by atoms with Crippen molar-refractivity contribution in [3.05, 3.63) is 47.5 Å².